The Morgan fingerprint density at radius 1 is 0.912 bits per heavy atom. The van der Waals surface area contributed by atoms with E-state index in [4.69, 9.17) is 4.42 Å². The molecule has 2 aliphatic heterocycles. The maximum atomic E-state index is 13.8. The molecule has 3 aromatic heterocycles. The lowest BCUT2D eigenvalue weighted by Crippen LogP contribution is -2.51. The van der Waals surface area contributed by atoms with Crippen LogP contribution in [-0.4, -0.2) is 90.6 Å². The highest BCUT2D eigenvalue weighted by Gasteiger charge is 2.39. The molecule has 4 atom stereocenters. The van der Waals surface area contributed by atoms with Gasteiger partial charge in [0.1, 0.15) is 30.3 Å². The third kappa shape index (κ3) is 8.13. The van der Waals surface area contributed by atoms with Crippen LogP contribution in [0.15, 0.2) is 77.3 Å². The van der Waals surface area contributed by atoms with Gasteiger partial charge in [-0.3, -0.25) is 24.0 Å². The van der Waals surface area contributed by atoms with Crippen LogP contribution in [0.1, 0.15) is 75.6 Å². The third-order valence-electron chi connectivity index (χ3n) is 11.1. The number of Topliss-reactive ketones (excluding diaryl/α,β-unsaturated/α-hetero) is 1. The van der Waals surface area contributed by atoms with E-state index in [-0.39, 0.29) is 41.9 Å². The van der Waals surface area contributed by atoms with Crippen molar-refractivity contribution in [3.8, 4) is 22.6 Å². The molecule has 0 aliphatic carbocycles. The summed E-state index contributed by atoms with van der Waals surface area (Å²) in [4.78, 5) is 76.4. The van der Waals surface area contributed by atoms with Gasteiger partial charge in [0.15, 0.2) is 11.4 Å². The Labute approximate surface area is 330 Å². The van der Waals surface area contributed by atoms with Gasteiger partial charge in [0, 0.05) is 56.9 Å². The summed E-state index contributed by atoms with van der Waals surface area (Å²) < 4.78 is 8.23. The van der Waals surface area contributed by atoms with Gasteiger partial charge in [-0.05, 0) is 42.7 Å². The first-order valence-electron chi connectivity index (χ1n) is 19.5. The SMILES string of the molecule is CC(=O)N[C@@H](C(=O)N1CCC[C@H]1C(=O)Cc1cc2oc(-c3ccc(-c4cnc([C@@H]5CCCN5C(=O)[C@@H](NC(=O)CO)C(C)C)[nH]4)cc3)cc2n1C)c1ccccc1. The van der Waals surface area contributed by atoms with Gasteiger partial charge in [0.25, 0.3) is 0 Å². The normalized spacial score (nSPS) is 17.9. The Balaban J connectivity index is 1.01. The molecule has 298 valence electrons. The molecule has 2 fully saturated rings. The number of aliphatic hydroxyl groups is 1. The second kappa shape index (κ2) is 16.6. The number of aromatic nitrogens is 3. The van der Waals surface area contributed by atoms with Crippen molar-refractivity contribution in [3.05, 3.63) is 90.0 Å². The summed E-state index contributed by atoms with van der Waals surface area (Å²) in [6.07, 6.45) is 4.72. The second-order valence-corrected chi connectivity index (χ2v) is 15.3. The van der Waals surface area contributed by atoms with E-state index in [1.165, 1.54) is 6.92 Å². The highest BCUT2D eigenvalue weighted by molar-refractivity contribution is 5.95. The molecule has 2 aliphatic rings. The van der Waals surface area contributed by atoms with E-state index >= 15 is 0 Å². The van der Waals surface area contributed by atoms with E-state index in [1.807, 2.05) is 80.1 Å². The van der Waals surface area contributed by atoms with Gasteiger partial charge in [-0.25, -0.2) is 4.98 Å². The molecule has 14 nitrogen and oxygen atoms in total. The Bertz CT molecular complexity index is 2270. The lowest BCUT2D eigenvalue weighted by Gasteiger charge is -2.30. The van der Waals surface area contributed by atoms with Crippen molar-refractivity contribution < 1.29 is 33.5 Å². The fourth-order valence-corrected chi connectivity index (χ4v) is 8.13. The zero-order valence-corrected chi connectivity index (χ0v) is 32.7. The van der Waals surface area contributed by atoms with Gasteiger partial charge >= 0.3 is 0 Å². The standard InChI is InChI=1S/C43H49N7O7/c1-25(2)39(47-38(54)24-51)42(55)50-19-9-13-33(50)41-44-23-31(46-41)27-14-16-28(17-15-27)36-22-34-37(57-36)21-30(48(34)4)20-35(53)32-12-8-18-49(32)43(56)40(45-26(3)52)29-10-6-5-7-11-29/h5-7,10-11,14-17,21-23,25,32-33,39-40,51H,8-9,12-13,18-20,24H2,1-4H3,(H,44,46)(H,45,52)(H,47,54)/t32-,33-,39-,40+/m0/s1. The maximum absolute atomic E-state index is 13.8. The predicted octanol–water partition coefficient (Wildman–Crippen LogP) is 4.61. The third-order valence-corrected chi connectivity index (χ3v) is 11.1. The lowest BCUT2D eigenvalue weighted by atomic mass is 10.0. The van der Waals surface area contributed by atoms with Crippen molar-refractivity contribution in [2.24, 2.45) is 13.0 Å². The Morgan fingerprint density at radius 3 is 2.30 bits per heavy atom. The molecule has 0 bridgehead atoms. The quantitative estimate of drug-likeness (QED) is 0.134. The van der Waals surface area contributed by atoms with Gasteiger partial charge in [-0.2, -0.15) is 0 Å². The topological polar surface area (TPSA) is 183 Å². The van der Waals surface area contributed by atoms with E-state index in [2.05, 4.69) is 20.6 Å². The molecule has 4 amide bonds. The number of amides is 4. The molecule has 0 saturated carbocycles. The maximum Gasteiger partial charge on any atom is 0.250 e. The Morgan fingerprint density at radius 2 is 1.61 bits per heavy atom. The highest BCUT2D eigenvalue weighted by Crippen LogP contribution is 2.35. The van der Waals surface area contributed by atoms with Crippen LogP contribution in [0.5, 0.6) is 0 Å². The number of carbonyl (C=O) groups excluding carboxylic acids is 5. The van der Waals surface area contributed by atoms with E-state index in [1.54, 1.807) is 28.1 Å². The Hall–Kier alpha value is -6.02. The predicted molar refractivity (Wildman–Crippen MR) is 212 cm³/mol. The highest BCUT2D eigenvalue weighted by atomic mass is 16.3. The molecule has 0 radical (unpaired) electrons. The van der Waals surface area contributed by atoms with Crippen LogP contribution in [0, 0.1) is 5.92 Å². The number of nitrogens with zero attached hydrogens (tertiary/aromatic N) is 4. The summed E-state index contributed by atoms with van der Waals surface area (Å²) in [5.74, 6) is -0.232. The number of hydrogen-bond donors (Lipinski definition) is 4. The first kappa shape index (κ1) is 39.2. The average molecular weight is 776 g/mol. The van der Waals surface area contributed by atoms with Gasteiger partial charge in [0.05, 0.1) is 29.5 Å². The van der Waals surface area contributed by atoms with Crippen molar-refractivity contribution >= 4 is 40.5 Å². The van der Waals surface area contributed by atoms with Crippen molar-refractivity contribution in [2.75, 3.05) is 19.7 Å². The summed E-state index contributed by atoms with van der Waals surface area (Å²) in [6.45, 7) is 5.43. The molecule has 2 saturated heterocycles. The molecule has 14 heteroatoms. The monoisotopic (exact) mass is 775 g/mol. The van der Waals surface area contributed by atoms with Crippen LogP contribution in [-0.2, 0) is 37.4 Å². The van der Waals surface area contributed by atoms with Gasteiger partial charge in [-0.1, -0.05) is 68.4 Å². The summed E-state index contributed by atoms with van der Waals surface area (Å²) in [6, 6.07) is 18.4. The largest absolute Gasteiger partial charge is 0.454 e. The zero-order chi connectivity index (χ0) is 40.4. The van der Waals surface area contributed by atoms with Crippen LogP contribution >= 0.6 is 0 Å². The number of nitrogens with one attached hydrogen (secondary N) is 3. The number of aromatic amines is 1. The van der Waals surface area contributed by atoms with Crippen LogP contribution < -0.4 is 10.6 Å². The fraction of sp³-hybridized carbons (Fsp3) is 0.395. The minimum Gasteiger partial charge on any atom is -0.454 e. The number of furan rings is 1. The van der Waals surface area contributed by atoms with E-state index < -0.39 is 30.6 Å². The molecule has 5 heterocycles. The minimum absolute atomic E-state index is 0.0601. The van der Waals surface area contributed by atoms with Gasteiger partial charge in [0.2, 0.25) is 23.6 Å². The zero-order valence-electron chi connectivity index (χ0n) is 32.7. The molecule has 0 unspecified atom stereocenters. The average Bonchev–Trinajstić information content (AvgIpc) is 4.06. The molecule has 57 heavy (non-hydrogen) atoms. The van der Waals surface area contributed by atoms with E-state index in [9.17, 15) is 29.1 Å². The number of likely N-dealkylation sites (tertiary alicyclic amines) is 2. The second-order valence-electron chi connectivity index (χ2n) is 15.3. The number of rotatable bonds is 13. The number of fused-ring (bicyclic) bond motifs is 1. The van der Waals surface area contributed by atoms with Crippen LogP contribution in [0.4, 0.5) is 0 Å². The fourth-order valence-electron chi connectivity index (χ4n) is 8.13. The summed E-state index contributed by atoms with van der Waals surface area (Å²) in [5, 5.41) is 14.7. The van der Waals surface area contributed by atoms with Gasteiger partial charge in [-0.15, -0.1) is 0 Å². The van der Waals surface area contributed by atoms with Crippen molar-refractivity contribution in [1.29, 1.82) is 0 Å². The summed E-state index contributed by atoms with van der Waals surface area (Å²) in [7, 11) is 1.90. The lowest BCUT2D eigenvalue weighted by molar-refractivity contribution is -0.140. The number of hydrogen-bond acceptors (Lipinski definition) is 8. The summed E-state index contributed by atoms with van der Waals surface area (Å²) >= 11 is 0. The first-order valence-corrected chi connectivity index (χ1v) is 19.5. The summed E-state index contributed by atoms with van der Waals surface area (Å²) in [5.41, 5.74) is 5.53. The minimum atomic E-state index is -0.863. The van der Waals surface area contributed by atoms with E-state index in [0.29, 0.717) is 48.7 Å². The van der Waals surface area contributed by atoms with Crippen molar-refractivity contribution in [3.63, 3.8) is 0 Å². The number of H-pyrrole nitrogens is 1. The molecule has 4 N–H and O–H groups in total. The number of aliphatic hydroxyl groups excluding tert-OH is 1. The number of imidazole rings is 1. The molecular weight excluding hydrogens is 727 g/mol. The van der Waals surface area contributed by atoms with Crippen molar-refractivity contribution in [2.45, 2.75) is 77.0 Å². The van der Waals surface area contributed by atoms with Crippen LogP contribution in [0.3, 0.4) is 0 Å². The number of aryl methyl sites for hydroxylation is 1. The molecule has 0 spiro atoms. The Kier molecular flexibility index (Phi) is 11.4. The molecular formula is C43H49N7O7. The smallest absolute Gasteiger partial charge is 0.250 e. The number of ketones is 1. The number of carbonyl (C=O) groups is 5. The molecule has 2 aromatic carbocycles. The molecule has 5 aromatic rings. The van der Waals surface area contributed by atoms with Crippen LogP contribution in [0.2, 0.25) is 0 Å². The molecule has 7 rings (SSSR count). The first-order chi connectivity index (χ1) is 27.4. The van der Waals surface area contributed by atoms with E-state index in [0.717, 1.165) is 40.9 Å². The van der Waals surface area contributed by atoms with Crippen LogP contribution in [0.25, 0.3) is 33.7 Å². The number of benzene rings is 2. The van der Waals surface area contributed by atoms with Gasteiger partial charge < -0.3 is 39.5 Å². The van der Waals surface area contributed by atoms with Crippen molar-refractivity contribution in [1.82, 2.24) is 35.0 Å².